The molecule has 0 aromatic heterocycles. The number of halogens is 1. The Hall–Kier alpha value is -0.780. The molecular formula is C13H19ClN2O2S. The maximum atomic E-state index is 11.4. The molecule has 106 valence electrons. The number of rotatable bonds is 5. The van der Waals surface area contributed by atoms with Gasteiger partial charge in [0, 0.05) is 29.8 Å². The van der Waals surface area contributed by atoms with Crippen molar-refractivity contribution in [2.24, 2.45) is 0 Å². The molecule has 4 nitrogen and oxygen atoms in total. The number of benzene rings is 1. The third-order valence-electron chi connectivity index (χ3n) is 3.47. The van der Waals surface area contributed by atoms with Crippen molar-refractivity contribution in [2.75, 3.05) is 37.0 Å². The number of nitrogens with zero attached hydrogens (tertiary/aromatic N) is 1. The molecular weight excluding hydrogens is 284 g/mol. The van der Waals surface area contributed by atoms with Crippen molar-refractivity contribution in [3.63, 3.8) is 0 Å². The molecule has 1 fully saturated rings. The lowest BCUT2D eigenvalue weighted by Gasteiger charge is -2.23. The van der Waals surface area contributed by atoms with Crippen molar-refractivity contribution >= 4 is 27.1 Å². The molecule has 1 unspecified atom stereocenters. The SMILES string of the molecule is CN(CCNc1ccc(Cl)cc1)C1CCS(=O)(=O)C1. The quantitative estimate of drug-likeness (QED) is 0.902. The predicted molar refractivity (Wildman–Crippen MR) is 79.6 cm³/mol. The van der Waals surface area contributed by atoms with Crippen molar-refractivity contribution in [1.82, 2.24) is 4.90 Å². The maximum absolute atomic E-state index is 11.4. The zero-order chi connectivity index (χ0) is 13.9. The number of nitrogens with one attached hydrogen (secondary N) is 1. The third kappa shape index (κ3) is 4.37. The molecule has 1 heterocycles. The second kappa shape index (κ2) is 6.11. The minimum absolute atomic E-state index is 0.164. The van der Waals surface area contributed by atoms with Gasteiger partial charge in [-0.3, -0.25) is 0 Å². The van der Waals surface area contributed by atoms with Gasteiger partial charge in [0.2, 0.25) is 0 Å². The molecule has 6 heteroatoms. The van der Waals surface area contributed by atoms with Gasteiger partial charge in [-0.25, -0.2) is 8.42 Å². The number of hydrogen-bond donors (Lipinski definition) is 1. The third-order valence-corrected chi connectivity index (χ3v) is 5.47. The summed E-state index contributed by atoms with van der Waals surface area (Å²) in [7, 11) is -0.818. The van der Waals surface area contributed by atoms with E-state index in [2.05, 4.69) is 10.2 Å². The fraction of sp³-hybridized carbons (Fsp3) is 0.538. The van der Waals surface area contributed by atoms with E-state index in [4.69, 9.17) is 11.6 Å². The minimum Gasteiger partial charge on any atom is -0.384 e. The van der Waals surface area contributed by atoms with Gasteiger partial charge in [0.1, 0.15) is 0 Å². The van der Waals surface area contributed by atoms with Crippen LogP contribution in [0, 0.1) is 0 Å². The fourth-order valence-electron chi connectivity index (χ4n) is 2.25. The largest absolute Gasteiger partial charge is 0.384 e. The number of sulfone groups is 1. The van der Waals surface area contributed by atoms with Crippen LogP contribution in [0.2, 0.25) is 5.02 Å². The molecule has 1 aromatic rings. The monoisotopic (exact) mass is 302 g/mol. The van der Waals surface area contributed by atoms with Gasteiger partial charge < -0.3 is 10.2 Å². The summed E-state index contributed by atoms with van der Waals surface area (Å²) in [5.41, 5.74) is 1.02. The van der Waals surface area contributed by atoms with E-state index in [0.29, 0.717) is 11.5 Å². The highest BCUT2D eigenvalue weighted by Gasteiger charge is 2.30. The van der Waals surface area contributed by atoms with Crippen LogP contribution in [0.25, 0.3) is 0 Å². The van der Waals surface area contributed by atoms with Crippen LogP contribution in [0.3, 0.4) is 0 Å². The van der Waals surface area contributed by atoms with E-state index in [0.717, 1.165) is 30.2 Å². The summed E-state index contributed by atoms with van der Waals surface area (Å²) in [5, 5.41) is 4.02. The van der Waals surface area contributed by atoms with Crippen molar-refractivity contribution < 1.29 is 8.42 Å². The van der Waals surface area contributed by atoms with E-state index in [1.54, 1.807) is 0 Å². The van der Waals surface area contributed by atoms with E-state index < -0.39 is 9.84 Å². The molecule has 0 spiro atoms. The topological polar surface area (TPSA) is 49.4 Å². The lowest BCUT2D eigenvalue weighted by Crippen LogP contribution is -2.36. The van der Waals surface area contributed by atoms with Gasteiger partial charge in [-0.05, 0) is 37.7 Å². The second-order valence-corrected chi connectivity index (χ2v) is 7.64. The number of likely N-dealkylation sites (N-methyl/N-ethyl adjacent to an activating group) is 1. The molecule has 1 saturated heterocycles. The molecule has 0 bridgehead atoms. The lowest BCUT2D eigenvalue weighted by molar-refractivity contribution is 0.272. The first kappa shape index (κ1) is 14.6. The Morgan fingerprint density at radius 2 is 2.05 bits per heavy atom. The van der Waals surface area contributed by atoms with E-state index >= 15 is 0 Å². The molecule has 1 aromatic carbocycles. The van der Waals surface area contributed by atoms with Gasteiger partial charge in [0.25, 0.3) is 0 Å². The summed E-state index contributed by atoms with van der Waals surface area (Å²) in [4.78, 5) is 2.12. The van der Waals surface area contributed by atoms with Crippen molar-refractivity contribution in [2.45, 2.75) is 12.5 Å². The molecule has 1 atom stereocenters. The van der Waals surface area contributed by atoms with Crippen molar-refractivity contribution in [3.8, 4) is 0 Å². The Morgan fingerprint density at radius 3 is 2.63 bits per heavy atom. The van der Waals surface area contributed by atoms with Gasteiger partial charge in [0.15, 0.2) is 9.84 Å². The van der Waals surface area contributed by atoms with Gasteiger partial charge in [-0.15, -0.1) is 0 Å². The molecule has 0 radical (unpaired) electrons. The average molecular weight is 303 g/mol. The number of hydrogen-bond acceptors (Lipinski definition) is 4. The average Bonchev–Trinajstić information content (AvgIpc) is 2.72. The van der Waals surface area contributed by atoms with Crippen LogP contribution in [0.15, 0.2) is 24.3 Å². The highest BCUT2D eigenvalue weighted by molar-refractivity contribution is 7.91. The summed E-state index contributed by atoms with van der Waals surface area (Å²) in [6, 6.07) is 7.72. The summed E-state index contributed by atoms with van der Waals surface area (Å²) < 4.78 is 22.8. The highest BCUT2D eigenvalue weighted by Crippen LogP contribution is 2.16. The van der Waals surface area contributed by atoms with Crippen LogP contribution in [0.1, 0.15) is 6.42 Å². The Labute approximate surface area is 119 Å². The predicted octanol–water partition coefficient (Wildman–Crippen LogP) is 1.87. The van der Waals surface area contributed by atoms with Crippen LogP contribution in [-0.4, -0.2) is 51.0 Å². The summed E-state index contributed by atoms with van der Waals surface area (Å²) in [5.74, 6) is 0.622. The first-order chi connectivity index (χ1) is 8.96. The number of anilines is 1. The van der Waals surface area contributed by atoms with Gasteiger partial charge in [-0.1, -0.05) is 11.6 Å². The Balaban J connectivity index is 1.75. The zero-order valence-electron chi connectivity index (χ0n) is 11.0. The Bertz CT molecular complexity index is 516. The lowest BCUT2D eigenvalue weighted by atomic mass is 10.2. The van der Waals surface area contributed by atoms with Crippen LogP contribution in [0.5, 0.6) is 0 Å². The van der Waals surface area contributed by atoms with Crippen LogP contribution >= 0.6 is 11.6 Å². The summed E-state index contributed by atoms with van der Waals surface area (Å²) in [6.07, 6.45) is 0.750. The van der Waals surface area contributed by atoms with Gasteiger partial charge in [0.05, 0.1) is 11.5 Å². The highest BCUT2D eigenvalue weighted by atomic mass is 35.5. The summed E-state index contributed by atoms with van der Waals surface area (Å²) in [6.45, 7) is 1.61. The maximum Gasteiger partial charge on any atom is 0.151 e. The second-order valence-electron chi connectivity index (χ2n) is 4.97. The first-order valence-corrected chi connectivity index (χ1v) is 8.56. The van der Waals surface area contributed by atoms with Crippen LogP contribution in [0.4, 0.5) is 5.69 Å². The smallest absolute Gasteiger partial charge is 0.151 e. The molecule has 19 heavy (non-hydrogen) atoms. The molecule has 1 N–H and O–H groups in total. The van der Waals surface area contributed by atoms with E-state index in [1.165, 1.54) is 0 Å². The van der Waals surface area contributed by atoms with E-state index in [1.807, 2.05) is 31.3 Å². The Morgan fingerprint density at radius 1 is 1.37 bits per heavy atom. The van der Waals surface area contributed by atoms with Crippen molar-refractivity contribution in [1.29, 1.82) is 0 Å². The molecule has 2 rings (SSSR count). The Kier molecular flexibility index (Phi) is 4.71. The van der Waals surface area contributed by atoms with E-state index in [-0.39, 0.29) is 6.04 Å². The molecule has 0 saturated carbocycles. The molecule has 1 aliphatic rings. The van der Waals surface area contributed by atoms with Gasteiger partial charge >= 0.3 is 0 Å². The van der Waals surface area contributed by atoms with E-state index in [9.17, 15) is 8.42 Å². The zero-order valence-corrected chi connectivity index (χ0v) is 12.5. The van der Waals surface area contributed by atoms with Crippen molar-refractivity contribution in [3.05, 3.63) is 29.3 Å². The minimum atomic E-state index is -2.80. The fourth-order valence-corrected chi connectivity index (χ4v) is 4.18. The van der Waals surface area contributed by atoms with Crippen LogP contribution in [-0.2, 0) is 9.84 Å². The van der Waals surface area contributed by atoms with Crippen LogP contribution < -0.4 is 5.32 Å². The standard InChI is InChI=1S/C13H19ClN2O2S/c1-16(13-6-9-19(17,18)10-13)8-7-15-12-4-2-11(14)3-5-12/h2-5,13,15H,6-10H2,1H3. The molecule has 1 aliphatic heterocycles. The summed E-state index contributed by atoms with van der Waals surface area (Å²) >= 11 is 5.82. The van der Waals surface area contributed by atoms with Gasteiger partial charge in [-0.2, -0.15) is 0 Å². The normalized spacial score (nSPS) is 21.7. The molecule has 0 amide bonds. The molecule has 0 aliphatic carbocycles. The first-order valence-electron chi connectivity index (χ1n) is 6.36.